The molecule has 0 fully saturated rings. The molecule has 0 heterocycles. The fourth-order valence-electron chi connectivity index (χ4n) is 0. The lowest BCUT2D eigenvalue weighted by Gasteiger charge is -1.67. The van der Waals surface area contributed by atoms with E-state index in [0.717, 1.165) is 0 Å². The van der Waals surface area contributed by atoms with Gasteiger partial charge in [-0.2, -0.15) is 0 Å². The maximum atomic E-state index is 6.25. The fraction of sp³-hybridized carbons (Fsp3) is 0. The Labute approximate surface area is 32.5 Å². The van der Waals surface area contributed by atoms with Crippen molar-refractivity contribution in [2.75, 3.05) is 0 Å². The zero-order valence-corrected chi connectivity index (χ0v) is 2.91. The highest BCUT2D eigenvalue weighted by Gasteiger charge is 1.59. The predicted molar refractivity (Wildman–Crippen MR) is 21.6 cm³/mol. The first kappa shape index (κ1) is 4.17. The van der Waals surface area contributed by atoms with Crippen LogP contribution in [0.1, 0.15) is 0 Å². The Bertz CT molecular complexity index is 72.5. The van der Waals surface area contributed by atoms with Crippen molar-refractivity contribution in [3.63, 3.8) is 0 Å². The molecule has 0 radical (unpaired) electrons. The van der Waals surface area contributed by atoms with Crippen molar-refractivity contribution in [1.82, 2.24) is 0 Å². The van der Waals surface area contributed by atoms with Crippen LogP contribution in [-0.4, -0.2) is 0 Å². The van der Waals surface area contributed by atoms with E-state index in [4.69, 9.17) is 6.42 Å². The van der Waals surface area contributed by atoms with Crippen LogP contribution in [0.3, 0.4) is 0 Å². The molecule has 0 aromatic rings. The minimum Gasteiger partial charge on any atom is -0.268 e. The van der Waals surface area contributed by atoms with Gasteiger partial charge in [-0.15, -0.1) is 5.92 Å². The number of rotatable bonds is 0. The largest absolute Gasteiger partial charge is 0.268 e. The van der Waals surface area contributed by atoms with Crippen molar-refractivity contribution >= 4 is 0 Å². The maximum absolute atomic E-state index is 6.25. The monoisotopic (exact) mass is 64.0 g/mol. The Morgan fingerprint density at radius 1 is 2.00 bits per heavy atom. The average molecular weight is 64.1 g/mol. The van der Waals surface area contributed by atoms with Gasteiger partial charge in [-0.25, -0.2) is 0 Å². The Balaban J connectivity index is 3.35. The highest BCUT2D eigenvalue weighted by molar-refractivity contribution is 5.20. The molecule has 0 amide bonds. The molecule has 0 aromatic heterocycles. The molecule has 0 N–H and O–H groups in total. The van der Waals surface area contributed by atoms with E-state index >= 15 is 0 Å². The van der Waals surface area contributed by atoms with E-state index in [9.17, 15) is 0 Å². The van der Waals surface area contributed by atoms with E-state index in [2.05, 4.69) is 13.5 Å². The van der Waals surface area contributed by atoms with Crippen molar-refractivity contribution in [3.05, 3.63) is 25.5 Å². The van der Waals surface area contributed by atoms with Crippen LogP contribution in [0.25, 0.3) is 0 Å². The van der Waals surface area contributed by atoms with Crippen molar-refractivity contribution in [1.29, 1.82) is 0 Å². The third-order valence-electron chi connectivity index (χ3n) is 0.177. The van der Waals surface area contributed by atoms with Gasteiger partial charge in [0, 0.05) is 5.57 Å². The molecule has 0 unspecified atom stereocenters. The molecule has 0 bridgehead atoms. The smallest absolute Gasteiger partial charge is 0.0323 e. The van der Waals surface area contributed by atoms with Gasteiger partial charge in [0.1, 0.15) is 0 Å². The molecular formula is C5H4. The first-order valence-electron chi connectivity index (χ1n) is 1.21. The summed E-state index contributed by atoms with van der Waals surface area (Å²) in [4.78, 5) is 0. The summed E-state index contributed by atoms with van der Waals surface area (Å²) >= 11 is 0. The molecule has 0 heteroatoms. The molecule has 0 saturated heterocycles. The van der Waals surface area contributed by atoms with Crippen LogP contribution in [-0.2, 0) is 0 Å². The lowest BCUT2D eigenvalue weighted by molar-refractivity contribution is 1.89. The van der Waals surface area contributed by atoms with Crippen molar-refractivity contribution < 1.29 is 0 Å². The summed E-state index contributed by atoms with van der Waals surface area (Å²) in [5.74, 6) is 1.97. The minimum absolute atomic E-state index is 0.421. The zero-order valence-electron chi connectivity index (χ0n) is 2.91. The van der Waals surface area contributed by atoms with Crippen LogP contribution in [0.15, 0.2) is 12.2 Å². The normalized spacial score (nSPS) is 5.40. The van der Waals surface area contributed by atoms with Crippen molar-refractivity contribution in [3.8, 4) is 5.92 Å². The van der Waals surface area contributed by atoms with Gasteiger partial charge in [-0.1, -0.05) is 13.5 Å². The van der Waals surface area contributed by atoms with Gasteiger partial charge in [0.25, 0.3) is 0 Å². The van der Waals surface area contributed by atoms with Gasteiger partial charge < -0.3 is 0 Å². The second-order valence-corrected chi connectivity index (χ2v) is 0.729. The summed E-state index contributed by atoms with van der Waals surface area (Å²) in [6.45, 7) is 6.53. The van der Waals surface area contributed by atoms with E-state index in [1.807, 2.05) is 5.92 Å². The van der Waals surface area contributed by atoms with Crippen LogP contribution in [0.2, 0.25) is 0 Å². The van der Waals surface area contributed by atoms with Gasteiger partial charge in [0.05, 0.1) is 0 Å². The Hall–Kier alpha value is -0.830. The minimum atomic E-state index is 0.421. The van der Waals surface area contributed by atoms with Crippen LogP contribution in [0, 0.1) is 19.3 Å². The van der Waals surface area contributed by atoms with Crippen molar-refractivity contribution in [2.45, 2.75) is 0 Å². The molecule has 5 heavy (non-hydrogen) atoms. The molecular weight excluding hydrogens is 60.1 g/mol. The average Bonchev–Trinajstić information content (AvgIpc) is 1.38. The molecule has 0 spiro atoms. The summed E-state index contributed by atoms with van der Waals surface area (Å²) in [6.07, 6.45) is 6.25. The maximum Gasteiger partial charge on any atom is 0.0323 e. The van der Waals surface area contributed by atoms with E-state index in [1.54, 1.807) is 0 Å². The summed E-state index contributed by atoms with van der Waals surface area (Å²) < 4.78 is 0. The van der Waals surface area contributed by atoms with Gasteiger partial charge in [0.15, 0.2) is 0 Å². The SMILES string of the molecule is [C-]#CC(=C)[CH2+]. The molecule has 24 valence electrons. The van der Waals surface area contributed by atoms with E-state index in [-0.39, 0.29) is 0 Å². The quantitative estimate of drug-likeness (QED) is 0.291. The highest BCUT2D eigenvalue weighted by atomic mass is 13.6. The second-order valence-electron chi connectivity index (χ2n) is 0.729. The van der Waals surface area contributed by atoms with E-state index in [1.165, 1.54) is 0 Å². The third kappa shape index (κ3) is 3.17. The van der Waals surface area contributed by atoms with Crippen LogP contribution in [0.4, 0.5) is 0 Å². The third-order valence-corrected chi connectivity index (χ3v) is 0.177. The summed E-state index contributed by atoms with van der Waals surface area (Å²) in [7, 11) is 0. The van der Waals surface area contributed by atoms with Gasteiger partial charge >= 0.3 is 0 Å². The summed E-state index contributed by atoms with van der Waals surface area (Å²) in [5, 5.41) is 0. The topological polar surface area (TPSA) is 0 Å². The molecule has 0 rings (SSSR count). The first-order chi connectivity index (χ1) is 2.27. The Morgan fingerprint density at radius 2 is 2.20 bits per heavy atom. The van der Waals surface area contributed by atoms with E-state index in [0.29, 0.717) is 5.57 Å². The number of allylic oxidation sites excluding steroid dienone is 1. The zero-order chi connectivity index (χ0) is 4.28. The molecule has 0 aliphatic heterocycles. The predicted octanol–water partition coefficient (Wildman–Crippen LogP) is 0.966. The molecule has 0 aliphatic rings. The number of hydrogen-bond donors (Lipinski definition) is 0. The Morgan fingerprint density at radius 3 is 2.20 bits per heavy atom. The Kier molecular flexibility index (Phi) is 1.24. The first-order valence-corrected chi connectivity index (χ1v) is 1.21. The van der Waals surface area contributed by atoms with Gasteiger partial charge in [0.2, 0.25) is 0 Å². The molecule has 0 aromatic carbocycles. The lowest BCUT2D eigenvalue weighted by atomic mass is 10.4. The molecule has 0 aliphatic carbocycles. The lowest BCUT2D eigenvalue weighted by Crippen LogP contribution is -1.52. The second kappa shape index (κ2) is 1.49. The molecule has 0 saturated carbocycles. The summed E-state index contributed by atoms with van der Waals surface area (Å²) in [5.41, 5.74) is 0.421. The van der Waals surface area contributed by atoms with Gasteiger partial charge in [-0.3, -0.25) is 6.42 Å². The molecule has 0 atom stereocenters. The van der Waals surface area contributed by atoms with Crippen molar-refractivity contribution in [2.24, 2.45) is 0 Å². The standard InChI is InChI=1S/C5H4/c1-4-5(2)3/h2-3H2. The highest BCUT2D eigenvalue weighted by Crippen LogP contribution is 1.73. The van der Waals surface area contributed by atoms with Crippen LogP contribution >= 0.6 is 0 Å². The molecule has 0 nitrogen and oxygen atoms in total. The number of hydrogen-bond acceptors (Lipinski definition) is 0. The van der Waals surface area contributed by atoms with Crippen LogP contribution in [0.5, 0.6) is 0 Å². The summed E-state index contributed by atoms with van der Waals surface area (Å²) in [6, 6.07) is 0. The fourth-order valence-corrected chi connectivity index (χ4v) is 0. The van der Waals surface area contributed by atoms with Crippen LogP contribution < -0.4 is 0 Å². The van der Waals surface area contributed by atoms with E-state index < -0.39 is 0 Å². The van der Waals surface area contributed by atoms with Gasteiger partial charge in [-0.05, 0) is 0 Å².